The molecule has 2 N–H and O–H groups in total. The third-order valence-electron chi connectivity index (χ3n) is 7.12. The predicted octanol–water partition coefficient (Wildman–Crippen LogP) is 8.79. The number of nitro groups is 1. The second-order valence-electron chi connectivity index (χ2n) is 10.1. The zero-order valence-corrected chi connectivity index (χ0v) is 23.5. The van der Waals surface area contributed by atoms with Crippen LogP contribution >= 0.6 is 0 Å². The lowest BCUT2D eigenvalue weighted by atomic mass is 10.0. The molecule has 0 spiro atoms. The van der Waals surface area contributed by atoms with E-state index in [2.05, 4.69) is 40.3 Å². The van der Waals surface area contributed by atoms with Crippen molar-refractivity contribution in [1.82, 2.24) is 9.97 Å². The van der Waals surface area contributed by atoms with Gasteiger partial charge in [-0.25, -0.2) is 9.97 Å². The molecule has 7 rings (SSSR count). The summed E-state index contributed by atoms with van der Waals surface area (Å²) in [6, 6.07) is 35.1. The quantitative estimate of drug-likeness (QED) is 0.112. The van der Waals surface area contributed by atoms with Crippen LogP contribution in [0.2, 0.25) is 0 Å². The van der Waals surface area contributed by atoms with Gasteiger partial charge in [0.25, 0.3) is 0 Å². The first-order valence-electron chi connectivity index (χ1n) is 14.0. The van der Waals surface area contributed by atoms with Crippen LogP contribution in [0.15, 0.2) is 124 Å². The molecule has 0 bridgehead atoms. The lowest BCUT2D eigenvalue weighted by molar-refractivity contribution is -0.387. The third-order valence-corrected chi connectivity index (χ3v) is 7.12. The number of nitrogen functional groups attached to an aromatic ring is 1. The van der Waals surface area contributed by atoms with Crippen molar-refractivity contribution < 1.29 is 18.1 Å². The Morgan fingerprint density at radius 2 is 1.27 bits per heavy atom. The number of para-hydroxylation sites is 4. The van der Waals surface area contributed by atoms with Crippen LogP contribution in [0.5, 0.6) is 0 Å². The molecule has 9 heteroatoms. The molecule has 44 heavy (non-hydrogen) atoms. The number of nitro benzene ring substituents is 1. The summed E-state index contributed by atoms with van der Waals surface area (Å²) in [5, 5.41) is 10.7. The Kier molecular flexibility index (Phi) is 8.09. The van der Waals surface area contributed by atoms with E-state index in [1.54, 1.807) is 18.2 Å². The standard InChI is InChI=1S/C22H20N2O.C13H7FN2O3/c23-19-15-18(22-24-20-11-4-5-12-21(20)25-22)14-13-17(19)10-6-9-16-7-2-1-3-8-16;14-9-6-5-8(7-11(9)16(17)18)13-15-10-3-1-2-4-12(10)19-13/h1-5,7-8,11-15H,6,9-10,23H2;1-7H. The molecule has 0 unspecified atom stereocenters. The number of aryl methyl sites for hydroxylation is 2. The molecule has 0 saturated carbocycles. The molecule has 0 fully saturated rings. The molecule has 7 aromatic rings. The van der Waals surface area contributed by atoms with Gasteiger partial charge < -0.3 is 14.6 Å². The number of hydrogen-bond acceptors (Lipinski definition) is 7. The molecule has 0 aliphatic carbocycles. The van der Waals surface area contributed by atoms with Gasteiger partial charge in [-0.2, -0.15) is 4.39 Å². The van der Waals surface area contributed by atoms with Crippen LogP contribution in [-0.2, 0) is 12.8 Å². The van der Waals surface area contributed by atoms with Gasteiger partial charge in [-0.1, -0.05) is 60.7 Å². The SMILES string of the molecule is Nc1cc(-c2nc3ccccc3o2)ccc1CCCc1ccccc1.O=[N+]([O-])c1cc(-c2nc3ccccc3o2)ccc1F. The van der Waals surface area contributed by atoms with Crippen LogP contribution in [0.25, 0.3) is 45.1 Å². The van der Waals surface area contributed by atoms with Crippen LogP contribution in [-0.4, -0.2) is 14.9 Å². The third kappa shape index (κ3) is 6.32. The molecular formula is C35H27FN4O4. The molecule has 5 aromatic carbocycles. The lowest BCUT2D eigenvalue weighted by Gasteiger charge is -2.07. The van der Waals surface area contributed by atoms with Gasteiger partial charge in [-0.05, 0) is 78.9 Å². The summed E-state index contributed by atoms with van der Waals surface area (Å²) >= 11 is 0. The topological polar surface area (TPSA) is 121 Å². The number of aromatic nitrogens is 2. The van der Waals surface area contributed by atoms with Crippen molar-refractivity contribution in [3.8, 4) is 22.9 Å². The lowest BCUT2D eigenvalue weighted by Crippen LogP contribution is -1.97. The van der Waals surface area contributed by atoms with E-state index in [0.717, 1.165) is 53.7 Å². The Morgan fingerprint density at radius 3 is 1.86 bits per heavy atom. The van der Waals surface area contributed by atoms with E-state index in [-0.39, 0.29) is 5.89 Å². The molecule has 2 heterocycles. The van der Waals surface area contributed by atoms with Gasteiger partial charge in [0.15, 0.2) is 11.2 Å². The first-order valence-corrected chi connectivity index (χ1v) is 14.0. The fourth-order valence-electron chi connectivity index (χ4n) is 4.86. The number of benzene rings is 5. The maximum Gasteiger partial charge on any atom is 0.305 e. The van der Waals surface area contributed by atoms with Gasteiger partial charge in [0.1, 0.15) is 11.0 Å². The maximum atomic E-state index is 13.2. The van der Waals surface area contributed by atoms with Crippen LogP contribution in [0.1, 0.15) is 17.5 Å². The van der Waals surface area contributed by atoms with E-state index in [4.69, 9.17) is 14.6 Å². The molecule has 0 radical (unpaired) electrons. The molecule has 0 aliphatic rings. The fourth-order valence-corrected chi connectivity index (χ4v) is 4.86. The van der Waals surface area contributed by atoms with Gasteiger partial charge in [0.05, 0.1) is 4.92 Å². The number of rotatable bonds is 7. The van der Waals surface area contributed by atoms with Crippen LogP contribution in [0, 0.1) is 15.9 Å². The molecule has 218 valence electrons. The zero-order valence-electron chi connectivity index (χ0n) is 23.5. The number of halogens is 1. The highest BCUT2D eigenvalue weighted by atomic mass is 19.1. The summed E-state index contributed by atoms with van der Waals surface area (Å²) in [7, 11) is 0. The first-order chi connectivity index (χ1) is 21.4. The molecule has 2 aromatic heterocycles. The van der Waals surface area contributed by atoms with Crippen molar-refractivity contribution in [1.29, 1.82) is 0 Å². The van der Waals surface area contributed by atoms with Crippen molar-refractivity contribution in [2.75, 3.05) is 5.73 Å². The average molecular weight is 587 g/mol. The van der Waals surface area contributed by atoms with Gasteiger partial charge in [0.2, 0.25) is 17.6 Å². The Morgan fingerprint density at radius 1 is 0.705 bits per heavy atom. The van der Waals surface area contributed by atoms with E-state index >= 15 is 0 Å². The van der Waals surface area contributed by atoms with Crippen molar-refractivity contribution in [3.63, 3.8) is 0 Å². The fraction of sp³-hybridized carbons (Fsp3) is 0.0857. The van der Waals surface area contributed by atoms with E-state index in [1.165, 1.54) is 17.2 Å². The van der Waals surface area contributed by atoms with Crippen molar-refractivity contribution in [2.24, 2.45) is 0 Å². The summed E-state index contributed by atoms with van der Waals surface area (Å²) in [6.07, 6.45) is 3.11. The van der Waals surface area contributed by atoms with Gasteiger partial charge in [0, 0.05) is 22.9 Å². The number of nitrogens with two attached hydrogens (primary N) is 1. The minimum atomic E-state index is -0.884. The molecule has 0 aliphatic heterocycles. The highest BCUT2D eigenvalue weighted by molar-refractivity contribution is 5.77. The highest BCUT2D eigenvalue weighted by Gasteiger charge is 2.17. The zero-order chi connectivity index (χ0) is 30.5. The molecular weight excluding hydrogens is 559 g/mol. The summed E-state index contributed by atoms with van der Waals surface area (Å²) < 4.78 is 24.5. The second kappa shape index (κ2) is 12.6. The average Bonchev–Trinajstić information content (AvgIpc) is 3.68. The molecule has 0 saturated heterocycles. The van der Waals surface area contributed by atoms with Crippen LogP contribution in [0.4, 0.5) is 15.8 Å². The van der Waals surface area contributed by atoms with Gasteiger partial charge >= 0.3 is 5.69 Å². The van der Waals surface area contributed by atoms with E-state index in [0.29, 0.717) is 22.6 Å². The number of nitrogens with zero attached hydrogens (tertiary/aromatic N) is 3. The highest BCUT2D eigenvalue weighted by Crippen LogP contribution is 2.29. The predicted molar refractivity (Wildman–Crippen MR) is 168 cm³/mol. The normalized spacial score (nSPS) is 10.9. The van der Waals surface area contributed by atoms with E-state index in [9.17, 15) is 14.5 Å². The summed E-state index contributed by atoms with van der Waals surface area (Å²) in [5.41, 5.74) is 13.2. The van der Waals surface area contributed by atoms with Crippen LogP contribution in [0.3, 0.4) is 0 Å². The van der Waals surface area contributed by atoms with Crippen molar-refractivity contribution >= 4 is 33.6 Å². The maximum absolute atomic E-state index is 13.2. The van der Waals surface area contributed by atoms with E-state index < -0.39 is 16.4 Å². The first kappa shape index (κ1) is 28.3. The van der Waals surface area contributed by atoms with Crippen molar-refractivity contribution in [3.05, 3.63) is 142 Å². The Labute approximate surface area is 251 Å². The van der Waals surface area contributed by atoms with Crippen molar-refractivity contribution in [2.45, 2.75) is 19.3 Å². The largest absolute Gasteiger partial charge is 0.436 e. The molecule has 0 atom stereocenters. The second-order valence-corrected chi connectivity index (χ2v) is 10.1. The Balaban J connectivity index is 0.000000162. The Hall–Kier alpha value is -5.83. The smallest absolute Gasteiger partial charge is 0.305 e. The van der Waals surface area contributed by atoms with Gasteiger partial charge in [-0.15, -0.1) is 0 Å². The molecule has 0 amide bonds. The van der Waals surface area contributed by atoms with Crippen LogP contribution < -0.4 is 5.73 Å². The number of hydrogen-bond donors (Lipinski definition) is 1. The number of fused-ring (bicyclic) bond motifs is 2. The Bertz CT molecular complexity index is 2000. The van der Waals surface area contributed by atoms with E-state index in [1.807, 2.05) is 48.5 Å². The minimum absolute atomic E-state index is 0.226. The number of anilines is 1. The monoisotopic (exact) mass is 586 g/mol. The number of oxazole rings is 2. The van der Waals surface area contributed by atoms with Gasteiger partial charge in [-0.3, -0.25) is 10.1 Å². The summed E-state index contributed by atoms with van der Waals surface area (Å²) in [6.45, 7) is 0. The summed E-state index contributed by atoms with van der Waals surface area (Å²) in [4.78, 5) is 18.7. The molecule has 8 nitrogen and oxygen atoms in total. The summed E-state index contributed by atoms with van der Waals surface area (Å²) in [5.74, 6) is -0.0436. The minimum Gasteiger partial charge on any atom is -0.436 e.